The fourth-order valence-electron chi connectivity index (χ4n) is 6.62. The van der Waals surface area contributed by atoms with Crippen molar-refractivity contribution in [3.63, 3.8) is 0 Å². The molecule has 9 rings (SSSR count). The van der Waals surface area contributed by atoms with Gasteiger partial charge in [-0.2, -0.15) is 4.58 Å². The van der Waals surface area contributed by atoms with Gasteiger partial charge in [-0.15, -0.1) is 102 Å². The van der Waals surface area contributed by atoms with Gasteiger partial charge in [0.15, 0.2) is 5.69 Å². The quantitative estimate of drug-likeness (QED) is 0.0960. The molecule has 0 bridgehead atoms. The molecule has 274 valence electrons. The SMILES string of the molecule is [2H]C([2H])(c1ccc(-c2[c-]cccc2)nc1)C([2H])([2H])c1cc(C([2H])([2H])C([2H])([2H])c2ccc(-c3[c-]cccc3)nc2)cc(C([2H])([2H])C([2H])([2H])c2cnc3c(c2)[N+]2=C(C)C(C)=NC2c2ccc[c-]c2-3)c1.[Ir+3]. The first-order chi connectivity index (χ1) is 31.6. The van der Waals surface area contributed by atoms with Crippen LogP contribution in [0.2, 0.25) is 0 Å². The van der Waals surface area contributed by atoms with E-state index < -0.39 is 61.1 Å². The van der Waals surface area contributed by atoms with E-state index in [1.54, 1.807) is 54.6 Å². The van der Waals surface area contributed by atoms with Crippen molar-refractivity contribution in [2.45, 2.75) is 58.3 Å². The first kappa shape index (κ1) is 25.5. The number of hydrogen-bond donors (Lipinski definition) is 0. The van der Waals surface area contributed by atoms with Crippen molar-refractivity contribution in [1.29, 1.82) is 0 Å². The summed E-state index contributed by atoms with van der Waals surface area (Å²) in [5.74, 6) is 0. The molecule has 2 aliphatic heterocycles. The largest absolute Gasteiger partial charge is 3.00 e. The predicted molar refractivity (Wildman–Crippen MR) is 221 cm³/mol. The van der Waals surface area contributed by atoms with Crippen LogP contribution < -0.4 is 0 Å². The van der Waals surface area contributed by atoms with E-state index in [1.807, 2.05) is 30.6 Å². The van der Waals surface area contributed by atoms with Crippen molar-refractivity contribution in [2.75, 3.05) is 0 Å². The van der Waals surface area contributed by atoms with Crippen molar-refractivity contribution < 1.29 is 41.1 Å². The van der Waals surface area contributed by atoms with E-state index in [1.165, 1.54) is 48.9 Å². The zero-order valence-corrected chi connectivity index (χ0v) is 32.7. The first-order valence-corrected chi connectivity index (χ1v) is 17.8. The topological polar surface area (TPSA) is 54.0 Å². The molecular formula is C50H41IrN5+. The van der Waals surface area contributed by atoms with Crippen molar-refractivity contribution in [3.8, 4) is 33.8 Å². The van der Waals surface area contributed by atoms with E-state index in [9.17, 15) is 16.4 Å². The second-order valence-corrected chi connectivity index (χ2v) is 13.1. The Balaban J connectivity index is 0.00000625. The molecule has 7 aromatic rings. The molecule has 5 nitrogen and oxygen atoms in total. The number of nitrogens with zero attached hydrogens (tertiary/aromatic N) is 5. The summed E-state index contributed by atoms with van der Waals surface area (Å²) >= 11 is 0. The van der Waals surface area contributed by atoms with E-state index in [4.69, 9.17) is 4.99 Å². The Labute approximate surface area is 360 Å². The molecule has 3 aromatic heterocycles. The van der Waals surface area contributed by atoms with Crippen LogP contribution in [0.4, 0.5) is 5.69 Å². The summed E-state index contributed by atoms with van der Waals surface area (Å²) < 4.78 is 115. The number of aliphatic imine (C=N–C) groups is 1. The van der Waals surface area contributed by atoms with Crippen LogP contribution in [0.25, 0.3) is 33.8 Å². The van der Waals surface area contributed by atoms with E-state index in [2.05, 4.69) is 33.2 Å². The van der Waals surface area contributed by atoms with Gasteiger partial charge in [-0.1, -0.05) is 42.5 Å². The second kappa shape index (κ2) is 16.6. The predicted octanol–water partition coefficient (Wildman–Crippen LogP) is 10.2. The minimum absolute atomic E-state index is 0. The molecule has 0 spiro atoms. The molecule has 0 aliphatic carbocycles. The number of fused-ring (bicyclic) bond motifs is 6. The Morgan fingerprint density at radius 3 is 1.64 bits per heavy atom. The van der Waals surface area contributed by atoms with Crippen LogP contribution in [0.5, 0.6) is 0 Å². The van der Waals surface area contributed by atoms with Gasteiger partial charge in [-0.3, -0.25) is 4.98 Å². The fraction of sp³-hybridized carbons (Fsp3) is 0.180. The Hall–Kier alpha value is -5.68. The van der Waals surface area contributed by atoms with Crippen molar-refractivity contribution in [3.05, 3.63) is 191 Å². The minimum Gasteiger partial charge on any atom is -0.304 e. The first-order valence-electron chi connectivity index (χ1n) is 23.8. The fourth-order valence-corrected chi connectivity index (χ4v) is 6.62. The summed E-state index contributed by atoms with van der Waals surface area (Å²) in [6.07, 6.45) is -14.9. The van der Waals surface area contributed by atoms with E-state index >= 15 is 0 Å². The number of rotatable bonds is 11. The van der Waals surface area contributed by atoms with Gasteiger partial charge in [0.05, 0.1) is 5.69 Å². The third-order valence-corrected chi connectivity index (χ3v) is 9.46. The monoisotopic (exact) mass is 916 g/mol. The van der Waals surface area contributed by atoms with Crippen LogP contribution in [0.1, 0.15) is 75.4 Å². The molecule has 56 heavy (non-hydrogen) atoms. The van der Waals surface area contributed by atoms with Crippen LogP contribution in [0, 0.1) is 18.2 Å². The maximum Gasteiger partial charge on any atom is 3.00 e. The van der Waals surface area contributed by atoms with Gasteiger partial charge < -0.3 is 9.97 Å². The number of benzene rings is 4. The van der Waals surface area contributed by atoms with E-state index in [0.29, 0.717) is 39.5 Å². The summed E-state index contributed by atoms with van der Waals surface area (Å²) in [4.78, 5) is 18.3. The average molecular weight is 916 g/mol. The molecular weight excluding hydrogens is 863 g/mol. The standard InChI is InChI=1S/C50H41N5.Ir/c1-34-35(2)55-48-30-41(33-53-49(48)44-15-9-10-16-45(44)50(55)54-34)22-21-40-28-38(19-17-36-23-25-46(51-31-36)42-11-5-3-6-12-42)27-39(29-40)20-18-37-24-26-47(52-32-37)43-13-7-4-8-14-43;/h3-11,13,16,23-33,50H,17-22H2,1-2H3;/q-2;+3/i17D2,18D2,19D2,20D2,21D2,22D2;. The zero-order valence-electron chi connectivity index (χ0n) is 42.3. The van der Waals surface area contributed by atoms with Gasteiger partial charge in [-0.05, 0) is 95.5 Å². The van der Waals surface area contributed by atoms with Crippen LogP contribution in [0.3, 0.4) is 0 Å². The minimum atomic E-state index is -3.11. The maximum absolute atomic E-state index is 9.59. The molecule has 1 atom stereocenters. The second-order valence-electron chi connectivity index (χ2n) is 13.1. The molecule has 0 saturated carbocycles. The van der Waals surface area contributed by atoms with Crippen molar-refractivity contribution >= 4 is 17.1 Å². The van der Waals surface area contributed by atoms with Crippen molar-refractivity contribution in [1.82, 2.24) is 15.0 Å². The smallest absolute Gasteiger partial charge is 0.304 e. The Kier molecular flexibility index (Phi) is 7.54. The molecule has 2 aliphatic rings. The van der Waals surface area contributed by atoms with Crippen LogP contribution in [-0.4, -0.2) is 31.0 Å². The molecule has 0 saturated heterocycles. The molecule has 5 heterocycles. The summed E-state index contributed by atoms with van der Waals surface area (Å²) in [7, 11) is 0. The van der Waals surface area contributed by atoms with E-state index in [-0.39, 0.29) is 36.8 Å². The van der Waals surface area contributed by atoms with Gasteiger partial charge in [-0.25, -0.2) is 4.99 Å². The third-order valence-electron chi connectivity index (χ3n) is 9.46. The maximum atomic E-state index is 9.59. The number of aryl methyl sites for hydroxylation is 6. The molecule has 0 fully saturated rings. The summed E-state index contributed by atoms with van der Waals surface area (Å²) in [6.45, 7) is 3.75. The summed E-state index contributed by atoms with van der Waals surface area (Å²) in [6, 6.07) is 39.2. The number of aromatic nitrogens is 3. The molecule has 4 aromatic carbocycles. The molecule has 0 amide bonds. The van der Waals surface area contributed by atoms with Gasteiger partial charge in [0.25, 0.3) is 0 Å². The van der Waals surface area contributed by atoms with Crippen LogP contribution in [-0.2, 0) is 58.3 Å². The Bertz CT molecular complexity index is 2980. The Morgan fingerprint density at radius 2 is 1.11 bits per heavy atom. The summed E-state index contributed by atoms with van der Waals surface area (Å²) in [5.41, 5.74) is 3.91. The van der Waals surface area contributed by atoms with E-state index in [0.717, 1.165) is 35.2 Å². The van der Waals surface area contributed by atoms with Gasteiger partial charge in [0, 0.05) is 48.0 Å². The number of pyridine rings is 3. The van der Waals surface area contributed by atoms with Gasteiger partial charge in [0.2, 0.25) is 11.9 Å². The summed E-state index contributed by atoms with van der Waals surface area (Å²) in [5, 5.41) is 0. The molecule has 1 unspecified atom stereocenters. The average Bonchev–Trinajstić information content (AvgIpc) is 3.64. The third kappa shape index (κ3) is 7.86. The van der Waals surface area contributed by atoms with Crippen LogP contribution >= 0.6 is 0 Å². The van der Waals surface area contributed by atoms with Crippen LogP contribution in [0.15, 0.2) is 139 Å². The normalized spacial score (nSPS) is 18.8. The Morgan fingerprint density at radius 1 is 0.571 bits per heavy atom. The number of hydrogen-bond acceptors (Lipinski definition) is 4. The molecule has 6 heteroatoms. The zero-order chi connectivity index (χ0) is 47.9. The molecule has 0 N–H and O–H groups in total. The van der Waals surface area contributed by atoms with Gasteiger partial charge in [0.1, 0.15) is 5.71 Å². The molecule has 0 radical (unpaired) electrons. The van der Waals surface area contributed by atoms with Crippen molar-refractivity contribution in [2.24, 2.45) is 4.99 Å². The van der Waals surface area contributed by atoms with Gasteiger partial charge >= 0.3 is 20.1 Å².